The van der Waals surface area contributed by atoms with E-state index in [1.165, 1.54) is 5.57 Å². The standard InChI is InChI=1S/C7H14N2/c1-6-3-4-9-7(5-6)8-2/h3,7-9H,4-5H2,1-2H3. The lowest BCUT2D eigenvalue weighted by Gasteiger charge is -2.21. The molecule has 1 atom stereocenters. The molecule has 0 aromatic rings. The van der Waals surface area contributed by atoms with Gasteiger partial charge in [0.1, 0.15) is 0 Å². The number of rotatable bonds is 1. The van der Waals surface area contributed by atoms with Crippen LogP contribution >= 0.6 is 0 Å². The molecule has 1 aliphatic rings. The molecule has 0 amide bonds. The van der Waals surface area contributed by atoms with Crippen LogP contribution in [-0.2, 0) is 0 Å². The molecule has 0 saturated carbocycles. The van der Waals surface area contributed by atoms with Gasteiger partial charge in [0.2, 0.25) is 0 Å². The summed E-state index contributed by atoms with van der Waals surface area (Å²) in [5.41, 5.74) is 1.48. The summed E-state index contributed by atoms with van der Waals surface area (Å²) in [7, 11) is 1.98. The van der Waals surface area contributed by atoms with E-state index in [0.717, 1.165) is 13.0 Å². The van der Waals surface area contributed by atoms with Crippen molar-refractivity contribution in [2.45, 2.75) is 19.5 Å². The lowest BCUT2D eigenvalue weighted by Crippen LogP contribution is -2.42. The summed E-state index contributed by atoms with van der Waals surface area (Å²) in [6, 6.07) is 0. The van der Waals surface area contributed by atoms with Gasteiger partial charge in [-0.2, -0.15) is 0 Å². The summed E-state index contributed by atoms with van der Waals surface area (Å²) in [6.07, 6.45) is 3.86. The molecule has 0 bridgehead atoms. The van der Waals surface area contributed by atoms with Gasteiger partial charge in [0.05, 0.1) is 6.17 Å². The third kappa shape index (κ3) is 1.80. The van der Waals surface area contributed by atoms with Crippen LogP contribution in [0.3, 0.4) is 0 Å². The minimum atomic E-state index is 0.495. The Morgan fingerprint density at radius 2 is 2.56 bits per heavy atom. The van der Waals surface area contributed by atoms with E-state index in [4.69, 9.17) is 0 Å². The van der Waals surface area contributed by atoms with Crippen LogP contribution in [0.15, 0.2) is 11.6 Å². The number of nitrogens with one attached hydrogen (secondary N) is 2. The van der Waals surface area contributed by atoms with Crippen molar-refractivity contribution in [2.75, 3.05) is 13.6 Å². The lowest BCUT2D eigenvalue weighted by molar-refractivity contribution is 0.456. The van der Waals surface area contributed by atoms with Crippen molar-refractivity contribution < 1.29 is 0 Å². The topological polar surface area (TPSA) is 24.1 Å². The maximum atomic E-state index is 3.31. The van der Waals surface area contributed by atoms with Crippen molar-refractivity contribution >= 4 is 0 Å². The normalized spacial score (nSPS) is 27.8. The highest BCUT2D eigenvalue weighted by Gasteiger charge is 2.07. The van der Waals surface area contributed by atoms with Crippen molar-refractivity contribution in [1.82, 2.24) is 10.6 Å². The molecular weight excluding hydrogens is 112 g/mol. The van der Waals surface area contributed by atoms with Gasteiger partial charge < -0.3 is 5.32 Å². The van der Waals surface area contributed by atoms with Crippen LogP contribution < -0.4 is 10.6 Å². The maximum absolute atomic E-state index is 3.31. The van der Waals surface area contributed by atoms with Crippen LogP contribution in [-0.4, -0.2) is 19.8 Å². The molecule has 1 rings (SSSR count). The first-order valence-corrected chi connectivity index (χ1v) is 3.39. The molecule has 0 radical (unpaired) electrons. The first-order chi connectivity index (χ1) is 4.33. The zero-order valence-electron chi connectivity index (χ0n) is 6.07. The van der Waals surface area contributed by atoms with Gasteiger partial charge in [-0.15, -0.1) is 0 Å². The van der Waals surface area contributed by atoms with Crippen molar-refractivity contribution in [3.63, 3.8) is 0 Å². The second-order valence-electron chi connectivity index (χ2n) is 2.50. The lowest BCUT2D eigenvalue weighted by atomic mass is 10.1. The van der Waals surface area contributed by atoms with E-state index < -0.39 is 0 Å². The van der Waals surface area contributed by atoms with Crippen molar-refractivity contribution in [3.05, 3.63) is 11.6 Å². The van der Waals surface area contributed by atoms with Gasteiger partial charge in [-0.1, -0.05) is 11.6 Å². The fourth-order valence-electron chi connectivity index (χ4n) is 1.06. The molecule has 0 aliphatic carbocycles. The van der Waals surface area contributed by atoms with Gasteiger partial charge in [-0.05, 0) is 20.4 Å². The van der Waals surface area contributed by atoms with Crippen molar-refractivity contribution in [3.8, 4) is 0 Å². The highest BCUT2D eigenvalue weighted by atomic mass is 15.1. The molecule has 1 unspecified atom stereocenters. The second-order valence-corrected chi connectivity index (χ2v) is 2.50. The van der Waals surface area contributed by atoms with Gasteiger partial charge in [-0.3, -0.25) is 5.32 Å². The Hall–Kier alpha value is -0.340. The Labute approximate surface area is 56.3 Å². The van der Waals surface area contributed by atoms with E-state index >= 15 is 0 Å². The molecule has 0 fully saturated rings. The summed E-state index contributed by atoms with van der Waals surface area (Å²) < 4.78 is 0. The van der Waals surface area contributed by atoms with Crippen LogP contribution in [0.4, 0.5) is 0 Å². The molecule has 0 spiro atoms. The summed E-state index contributed by atoms with van der Waals surface area (Å²) in [6.45, 7) is 3.18. The molecule has 0 aromatic heterocycles. The highest BCUT2D eigenvalue weighted by Crippen LogP contribution is 2.05. The van der Waals surface area contributed by atoms with Gasteiger partial charge in [0.25, 0.3) is 0 Å². The first-order valence-electron chi connectivity index (χ1n) is 3.39. The molecule has 2 heteroatoms. The first kappa shape index (κ1) is 6.78. The molecule has 1 heterocycles. The SMILES string of the molecule is CNC1CC(C)=CCN1. The quantitative estimate of drug-likeness (QED) is 0.499. The minimum Gasteiger partial charge on any atom is -0.305 e. The second kappa shape index (κ2) is 2.99. The fourth-order valence-corrected chi connectivity index (χ4v) is 1.06. The van der Waals surface area contributed by atoms with Crippen LogP contribution in [0, 0.1) is 0 Å². The molecule has 1 aliphatic heterocycles. The molecule has 9 heavy (non-hydrogen) atoms. The van der Waals surface area contributed by atoms with E-state index in [1.54, 1.807) is 0 Å². The van der Waals surface area contributed by atoms with E-state index in [0.29, 0.717) is 6.17 Å². The molecule has 2 nitrogen and oxygen atoms in total. The summed E-state index contributed by atoms with van der Waals surface area (Å²) in [5, 5.41) is 6.49. The van der Waals surface area contributed by atoms with Crippen LogP contribution in [0.1, 0.15) is 13.3 Å². The minimum absolute atomic E-state index is 0.495. The average molecular weight is 126 g/mol. The van der Waals surface area contributed by atoms with Crippen LogP contribution in [0.2, 0.25) is 0 Å². The van der Waals surface area contributed by atoms with E-state index in [-0.39, 0.29) is 0 Å². The number of hydrogen-bond acceptors (Lipinski definition) is 2. The van der Waals surface area contributed by atoms with Crippen molar-refractivity contribution in [1.29, 1.82) is 0 Å². The van der Waals surface area contributed by atoms with Crippen molar-refractivity contribution in [2.24, 2.45) is 0 Å². The third-order valence-corrected chi connectivity index (χ3v) is 1.69. The number of hydrogen-bond donors (Lipinski definition) is 2. The third-order valence-electron chi connectivity index (χ3n) is 1.69. The van der Waals surface area contributed by atoms with Gasteiger partial charge in [-0.25, -0.2) is 0 Å². The predicted molar refractivity (Wildman–Crippen MR) is 39.2 cm³/mol. The van der Waals surface area contributed by atoms with Gasteiger partial charge in [0.15, 0.2) is 0 Å². The summed E-state index contributed by atoms with van der Waals surface area (Å²) >= 11 is 0. The van der Waals surface area contributed by atoms with Crippen LogP contribution in [0.25, 0.3) is 0 Å². The monoisotopic (exact) mass is 126 g/mol. The Balaban J connectivity index is 2.39. The Morgan fingerprint density at radius 3 is 3.00 bits per heavy atom. The zero-order chi connectivity index (χ0) is 6.69. The molecule has 0 saturated heterocycles. The van der Waals surface area contributed by atoms with E-state index in [9.17, 15) is 0 Å². The molecular formula is C7H14N2. The zero-order valence-corrected chi connectivity index (χ0v) is 6.07. The van der Waals surface area contributed by atoms with E-state index in [1.807, 2.05) is 7.05 Å². The Morgan fingerprint density at radius 1 is 1.78 bits per heavy atom. The molecule has 2 N–H and O–H groups in total. The average Bonchev–Trinajstić information content (AvgIpc) is 1.88. The summed E-state index contributed by atoms with van der Waals surface area (Å²) in [4.78, 5) is 0. The van der Waals surface area contributed by atoms with Crippen LogP contribution in [0.5, 0.6) is 0 Å². The predicted octanol–water partition coefficient (Wildman–Crippen LogP) is 0.471. The van der Waals surface area contributed by atoms with E-state index in [2.05, 4.69) is 23.6 Å². The largest absolute Gasteiger partial charge is 0.305 e. The molecule has 0 aromatic carbocycles. The van der Waals surface area contributed by atoms with Gasteiger partial charge in [0, 0.05) is 6.54 Å². The molecule has 52 valence electrons. The summed E-state index contributed by atoms with van der Waals surface area (Å²) in [5.74, 6) is 0. The highest BCUT2D eigenvalue weighted by molar-refractivity contribution is 5.05. The Bertz CT molecular complexity index is 118. The smallest absolute Gasteiger partial charge is 0.0609 e. The maximum Gasteiger partial charge on any atom is 0.0609 e. The Kier molecular flexibility index (Phi) is 2.25. The fraction of sp³-hybridized carbons (Fsp3) is 0.714. The van der Waals surface area contributed by atoms with Gasteiger partial charge >= 0.3 is 0 Å².